The molecule has 0 fully saturated rings. The highest BCUT2D eigenvalue weighted by atomic mass is 35.5. The zero-order valence-electron chi connectivity index (χ0n) is 9.09. The van der Waals surface area contributed by atoms with Gasteiger partial charge in [0.2, 0.25) is 0 Å². The molecule has 0 spiro atoms. The summed E-state index contributed by atoms with van der Waals surface area (Å²) in [4.78, 5) is 11.7. The molecule has 0 aliphatic carbocycles. The first-order valence-electron chi connectivity index (χ1n) is 5.27. The van der Waals surface area contributed by atoms with E-state index in [1.807, 2.05) is 6.92 Å². The van der Waals surface area contributed by atoms with Crippen LogP contribution in [0.2, 0.25) is 5.02 Å². The average Bonchev–Trinajstić information content (AvgIpc) is 2.23. The molecule has 0 unspecified atom stereocenters. The molecule has 0 aliphatic rings. The zero-order chi connectivity index (χ0) is 12.1. The number of ketones is 1. The molecule has 0 bridgehead atoms. The largest absolute Gasteiger partial charge is 0.506 e. The van der Waals surface area contributed by atoms with Crippen LogP contribution in [0, 0.1) is 5.82 Å². The van der Waals surface area contributed by atoms with Crippen molar-refractivity contribution in [2.75, 3.05) is 0 Å². The molecular weight excluding hydrogens is 231 g/mol. The fourth-order valence-electron chi connectivity index (χ4n) is 1.45. The van der Waals surface area contributed by atoms with Crippen molar-refractivity contribution in [3.8, 4) is 5.75 Å². The third-order valence-corrected chi connectivity index (χ3v) is 2.62. The van der Waals surface area contributed by atoms with Crippen LogP contribution in [0.3, 0.4) is 0 Å². The van der Waals surface area contributed by atoms with Gasteiger partial charge in [0.15, 0.2) is 5.78 Å². The second kappa shape index (κ2) is 5.85. The summed E-state index contributed by atoms with van der Waals surface area (Å²) in [7, 11) is 0. The summed E-state index contributed by atoms with van der Waals surface area (Å²) in [6.45, 7) is 2.03. The van der Waals surface area contributed by atoms with Crippen LogP contribution in [0.25, 0.3) is 0 Å². The normalized spacial score (nSPS) is 10.4. The lowest BCUT2D eigenvalue weighted by molar-refractivity contribution is 0.0976. The standard InChI is InChI=1S/C12H14ClFO2/c1-2-3-4-5-11(15)9-6-8(14)7-10(13)12(9)16/h6-7,16H,2-5H2,1H3. The third-order valence-electron chi connectivity index (χ3n) is 2.34. The number of phenolic OH excluding ortho intramolecular Hbond substituents is 1. The van der Waals surface area contributed by atoms with E-state index in [1.165, 1.54) is 0 Å². The number of carbonyl (C=O) groups excluding carboxylic acids is 1. The SMILES string of the molecule is CCCCCC(=O)c1cc(F)cc(Cl)c1O. The van der Waals surface area contributed by atoms with Gasteiger partial charge in [-0.1, -0.05) is 31.4 Å². The van der Waals surface area contributed by atoms with Crippen molar-refractivity contribution in [2.45, 2.75) is 32.6 Å². The highest BCUT2D eigenvalue weighted by Gasteiger charge is 2.15. The maximum atomic E-state index is 13.0. The molecule has 0 radical (unpaired) electrons. The van der Waals surface area contributed by atoms with Gasteiger partial charge >= 0.3 is 0 Å². The summed E-state index contributed by atoms with van der Waals surface area (Å²) in [5.41, 5.74) is -0.0268. The Hall–Kier alpha value is -1.09. The van der Waals surface area contributed by atoms with Crippen molar-refractivity contribution in [1.82, 2.24) is 0 Å². The van der Waals surface area contributed by atoms with Gasteiger partial charge in [0, 0.05) is 6.42 Å². The predicted molar refractivity (Wildman–Crippen MR) is 61.5 cm³/mol. The Bertz CT molecular complexity index is 391. The Morgan fingerprint density at radius 3 is 2.75 bits per heavy atom. The number of benzene rings is 1. The lowest BCUT2D eigenvalue weighted by Gasteiger charge is -2.05. The van der Waals surface area contributed by atoms with Crippen LogP contribution in [-0.2, 0) is 0 Å². The molecule has 1 aromatic rings. The van der Waals surface area contributed by atoms with Gasteiger partial charge in [-0.2, -0.15) is 0 Å². The van der Waals surface area contributed by atoms with Crippen molar-refractivity contribution in [3.05, 3.63) is 28.5 Å². The number of Topliss-reactive ketones (excluding diaryl/α,β-unsaturated/α-hetero) is 1. The van der Waals surface area contributed by atoms with Gasteiger partial charge < -0.3 is 5.11 Å². The molecule has 0 heterocycles. The monoisotopic (exact) mass is 244 g/mol. The van der Waals surface area contributed by atoms with Gasteiger partial charge in [-0.15, -0.1) is 0 Å². The molecule has 1 N–H and O–H groups in total. The molecule has 0 aromatic heterocycles. The molecule has 0 amide bonds. The Balaban J connectivity index is 2.82. The summed E-state index contributed by atoms with van der Waals surface area (Å²) in [5.74, 6) is -1.21. The van der Waals surface area contributed by atoms with E-state index in [0.717, 1.165) is 31.4 Å². The van der Waals surface area contributed by atoms with E-state index in [9.17, 15) is 14.3 Å². The number of halogens is 2. The minimum Gasteiger partial charge on any atom is -0.506 e. The van der Waals surface area contributed by atoms with Crippen LogP contribution in [0.5, 0.6) is 5.75 Å². The Kier molecular flexibility index (Phi) is 4.74. The van der Waals surface area contributed by atoms with Gasteiger partial charge in [0.05, 0.1) is 10.6 Å². The quantitative estimate of drug-likeness (QED) is 0.629. The average molecular weight is 245 g/mol. The second-order valence-electron chi connectivity index (χ2n) is 3.66. The van der Waals surface area contributed by atoms with Crippen molar-refractivity contribution in [3.63, 3.8) is 0 Å². The molecule has 16 heavy (non-hydrogen) atoms. The fourth-order valence-corrected chi connectivity index (χ4v) is 1.65. The molecule has 1 rings (SSSR count). The smallest absolute Gasteiger partial charge is 0.166 e. The maximum Gasteiger partial charge on any atom is 0.166 e. The van der Waals surface area contributed by atoms with Crippen LogP contribution in [0.1, 0.15) is 43.0 Å². The zero-order valence-corrected chi connectivity index (χ0v) is 9.85. The Morgan fingerprint density at radius 1 is 1.44 bits per heavy atom. The van der Waals surface area contributed by atoms with Crippen LogP contribution < -0.4 is 0 Å². The number of aromatic hydroxyl groups is 1. The van der Waals surface area contributed by atoms with E-state index in [0.29, 0.717) is 6.42 Å². The van der Waals surface area contributed by atoms with Gasteiger partial charge in [-0.3, -0.25) is 4.79 Å². The van der Waals surface area contributed by atoms with Gasteiger partial charge in [-0.05, 0) is 18.6 Å². The van der Waals surface area contributed by atoms with Gasteiger partial charge in [0.1, 0.15) is 11.6 Å². The van der Waals surface area contributed by atoms with Gasteiger partial charge in [0.25, 0.3) is 0 Å². The second-order valence-corrected chi connectivity index (χ2v) is 4.07. The molecule has 2 nitrogen and oxygen atoms in total. The fraction of sp³-hybridized carbons (Fsp3) is 0.417. The van der Waals surface area contributed by atoms with Gasteiger partial charge in [-0.25, -0.2) is 4.39 Å². The van der Waals surface area contributed by atoms with Crippen LogP contribution in [-0.4, -0.2) is 10.9 Å². The van der Waals surface area contributed by atoms with Crippen LogP contribution >= 0.6 is 11.6 Å². The van der Waals surface area contributed by atoms with Crippen LogP contribution in [0.4, 0.5) is 4.39 Å². The third kappa shape index (κ3) is 3.20. The van der Waals surface area contributed by atoms with E-state index >= 15 is 0 Å². The minimum absolute atomic E-state index is 0.0268. The predicted octanol–water partition coefficient (Wildman–Crippen LogP) is 3.95. The summed E-state index contributed by atoms with van der Waals surface area (Å²) >= 11 is 5.58. The number of hydrogen-bond acceptors (Lipinski definition) is 2. The maximum absolute atomic E-state index is 13.0. The molecule has 0 saturated carbocycles. The lowest BCUT2D eigenvalue weighted by Crippen LogP contribution is -2.00. The van der Waals surface area contributed by atoms with E-state index < -0.39 is 5.82 Å². The number of rotatable bonds is 5. The topological polar surface area (TPSA) is 37.3 Å². The molecule has 0 saturated heterocycles. The molecule has 0 aliphatic heterocycles. The van der Waals surface area contributed by atoms with E-state index in [1.54, 1.807) is 0 Å². The number of phenols is 1. The highest BCUT2D eigenvalue weighted by molar-refractivity contribution is 6.32. The van der Waals surface area contributed by atoms with Crippen molar-refractivity contribution < 1.29 is 14.3 Å². The first-order valence-corrected chi connectivity index (χ1v) is 5.65. The van der Waals surface area contributed by atoms with Crippen LogP contribution in [0.15, 0.2) is 12.1 Å². The molecule has 0 atom stereocenters. The first-order chi connectivity index (χ1) is 7.56. The van der Waals surface area contributed by atoms with Crippen molar-refractivity contribution in [2.24, 2.45) is 0 Å². The number of unbranched alkanes of at least 4 members (excludes halogenated alkanes) is 2. The molecule has 1 aromatic carbocycles. The Morgan fingerprint density at radius 2 is 2.12 bits per heavy atom. The lowest BCUT2D eigenvalue weighted by atomic mass is 10.0. The molecule has 88 valence electrons. The number of hydrogen-bond donors (Lipinski definition) is 1. The first kappa shape index (κ1) is 13.0. The summed E-state index contributed by atoms with van der Waals surface area (Å²) in [6, 6.07) is 2.01. The number of carbonyl (C=O) groups is 1. The summed E-state index contributed by atoms with van der Waals surface area (Å²) in [5, 5.41) is 9.40. The van der Waals surface area contributed by atoms with Crippen molar-refractivity contribution in [1.29, 1.82) is 0 Å². The summed E-state index contributed by atoms with van der Waals surface area (Å²) in [6.07, 6.45) is 2.99. The van der Waals surface area contributed by atoms with Crippen molar-refractivity contribution >= 4 is 17.4 Å². The minimum atomic E-state index is -0.610. The molecular formula is C12H14ClFO2. The Labute approximate surface area is 99.0 Å². The molecule has 4 heteroatoms. The highest BCUT2D eigenvalue weighted by Crippen LogP contribution is 2.29. The van der Waals surface area contributed by atoms with E-state index in [2.05, 4.69) is 0 Å². The van der Waals surface area contributed by atoms with E-state index in [-0.39, 0.29) is 22.1 Å². The van der Waals surface area contributed by atoms with E-state index in [4.69, 9.17) is 11.6 Å². The summed E-state index contributed by atoms with van der Waals surface area (Å²) < 4.78 is 13.0.